The number of hydrogen-bond acceptors (Lipinski definition) is 1. The van der Waals surface area contributed by atoms with Crippen molar-refractivity contribution in [1.82, 2.24) is 0 Å². The molecule has 0 saturated carbocycles. The van der Waals surface area contributed by atoms with Gasteiger partial charge in [-0.3, -0.25) is 0 Å². The molecule has 4 aliphatic carbocycles. The van der Waals surface area contributed by atoms with Crippen molar-refractivity contribution in [2.75, 3.05) is 4.90 Å². The molecule has 4 aliphatic rings. The fourth-order valence-electron chi connectivity index (χ4n) is 20.4. The summed E-state index contributed by atoms with van der Waals surface area (Å²) in [6, 6.07) is 82.8. The topological polar surface area (TPSA) is 3.24 Å². The second-order valence-corrected chi connectivity index (χ2v) is 32.1. The van der Waals surface area contributed by atoms with Crippen LogP contribution in [0.4, 0.5) is 17.1 Å². The molecular formula is C112H97N. The lowest BCUT2D eigenvalue weighted by molar-refractivity contribution is 0.414. The van der Waals surface area contributed by atoms with Gasteiger partial charge in [-0.25, -0.2) is 0 Å². The molecule has 113 heavy (non-hydrogen) atoms. The van der Waals surface area contributed by atoms with Gasteiger partial charge in [0, 0.05) is 33.3 Å². The van der Waals surface area contributed by atoms with Crippen molar-refractivity contribution in [2.24, 2.45) is 0 Å². The molecule has 0 amide bonds. The van der Waals surface area contributed by atoms with Gasteiger partial charge in [-0.1, -0.05) is 299 Å². The van der Waals surface area contributed by atoms with Crippen molar-refractivity contribution in [3.8, 4) is 162 Å². The summed E-state index contributed by atoms with van der Waals surface area (Å²) >= 11 is 0. The number of terminal acetylenes is 2. The first kappa shape index (κ1) is 74.8. The predicted molar refractivity (Wildman–Crippen MR) is 480 cm³/mol. The van der Waals surface area contributed by atoms with E-state index in [9.17, 15) is 0 Å². The van der Waals surface area contributed by atoms with Crippen LogP contribution in [0.15, 0.2) is 212 Å². The van der Waals surface area contributed by atoms with Crippen LogP contribution in [0.3, 0.4) is 0 Å². The van der Waals surface area contributed by atoms with Gasteiger partial charge in [0.1, 0.15) is 5.41 Å². The number of aryl methyl sites for hydroxylation is 2. The van der Waals surface area contributed by atoms with Crippen LogP contribution in [0, 0.1) is 110 Å². The van der Waals surface area contributed by atoms with E-state index in [4.69, 9.17) is 12.8 Å². The van der Waals surface area contributed by atoms with Crippen molar-refractivity contribution >= 4 is 49.4 Å². The van der Waals surface area contributed by atoms with Gasteiger partial charge in [-0.15, -0.1) is 12.8 Å². The molecule has 0 fully saturated rings. The largest absolute Gasteiger partial charge is 0.310 e. The molecule has 0 aliphatic heterocycles. The smallest absolute Gasteiger partial charge is 0.145 e. The maximum absolute atomic E-state index is 5.67. The molecule has 0 bridgehead atoms. The van der Waals surface area contributed by atoms with E-state index >= 15 is 0 Å². The van der Waals surface area contributed by atoms with Crippen LogP contribution in [-0.2, 0) is 21.7 Å². The molecule has 16 rings (SSSR count). The molecule has 0 atom stereocenters. The van der Waals surface area contributed by atoms with Crippen LogP contribution in [0.2, 0.25) is 0 Å². The molecule has 12 aromatic carbocycles. The van der Waals surface area contributed by atoms with Gasteiger partial charge in [-0.2, -0.15) is 0 Å². The summed E-state index contributed by atoms with van der Waals surface area (Å²) in [6.07, 6.45) is 31.5. The van der Waals surface area contributed by atoms with E-state index in [1.807, 2.05) is 0 Å². The van der Waals surface area contributed by atoms with Gasteiger partial charge < -0.3 is 4.90 Å². The molecule has 0 N–H and O–H groups in total. The third-order valence-electron chi connectivity index (χ3n) is 25.5. The summed E-state index contributed by atoms with van der Waals surface area (Å²) in [5.74, 6) is 42.3. The first-order chi connectivity index (χ1) is 55.5. The van der Waals surface area contributed by atoms with Crippen molar-refractivity contribution in [3.63, 3.8) is 0 Å². The monoisotopic (exact) mass is 1460 g/mol. The van der Waals surface area contributed by atoms with Gasteiger partial charge >= 0.3 is 0 Å². The summed E-state index contributed by atoms with van der Waals surface area (Å²) in [5.41, 5.74) is 29.7. The maximum atomic E-state index is 5.67. The molecule has 0 unspecified atom stereocenters. The second kappa shape index (κ2) is 31.8. The summed E-state index contributed by atoms with van der Waals surface area (Å²) in [6.45, 7) is 18.6. The first-order valence-electron chi connectivity index (χ1n) is 41.7. The quantitative estimate of drug-likeness (QED) is 0.0456. The highest BCUT2D eigenvalue weighted by atomic mass is 15.1. The van der Waals surface area contributed by atoms with Gasteiger partial charge in [-0.05, 0) is 322 Å². The molecule has 0 radical (unpaired) electrons. The van der Waals surface area contributed by atoms with Crippen molar-refractivity contribution < 1.29 is 0 Å². The standard InChI is InChI=1S/C112H97N/c1-11-19-27-29-31-39-68-111(69-40-32-30-28-20-12-2)104-72-80(97-76-99-87-45-36-35-44-86(87)98(77-100(99)85-43-34-33-42-84(85)97)96-48-41-47-95-88-46-37-38-49-101(88)112(108(95)96,66-25-17-7)67-26-18-8)52-58-91(104)94-61-55-83(75-107(94)111)113(81-53-59-92-89-56-50-78(9)70-102(89)109(62-21-13-3,63-22-14-4)105(92)73-81)82-54-60-93-90-57-51-79(10)71-103(90)110(64-23-15-5,65-24-16-6)106(93)74-82/h1-2,33-38,41-61,70-77H,13-18,21-26,62-67H2,3-10H3. The number of anilines is 3. The fraction of sp³-hybridized carbons (Fsp3) is 0.268. The second-order valence-electron chi connectivity index (χ2n) is 32.1. The van der Waals surface area contributed by atoms with Gasteiger partial charge in [0.25, 0.3) is 0 Å². The zero-order chi connectivity index (χ0) is 77.9. The Hall–Kier alpha value is -12.3. The van der Waals surface area contributed by atoms with Crippen LogP contribution in [0.1, 0.15) is 213 Å². The summed E-state index contributed by atoms with van der Waals surface area (Å²) in [5, 5.41) is 7.22. The van der Waals surface area contributed by atoms with Crippen LogP contribution in [0.25, 0.3) is 99.1 Å². The van der Waals surface area contributed by atoms with E-state index in [-0.39, 0.29) is 16.2 Å². The lowest BCUT2D eigenvalue weighted by Gasteiger charge is -2.35. The van der Waals surface area contributed by atoms with E-state index < -0.39 is 5.41 Å². The average molecular weight is 1460 g/mol. The number of fused-ring (bicyclic) bond motifs is 17. The van der Waals surface area contributed by atoms with E-state index in [0.29, 0.717) is 0 Å². The number of nitrogens with zero attached hydrogens (tertiary/aromatic N) is 1. The Balaban J connectivity index is 0.931. The van der Waals surface area contributed by atoms with Crippen molar-refractivity contribution in [3.05, 3.63) is 268 Å². The van der Waals surface area contributed by atoms with Crippen LogP contribution >= 0.6 is 0 Å². The first-order valence-corrected chi connectivity index (χ1v) is 41.7. The van der Waals surface area contributed by atoms with Crippen LogP contribution in [0.5, 0.6) is 0 Å². The fourth-order valence-corrected chi connectivity index (χ4v) is 20.4. The predicted octanol–water partition coefficient (Wildman–Crippen LogP) is 28.1. The van der Waals surface area contributed by atoms with Crippen molar-refractivity contribution in [1.29, 1.82) is 0 Å². The lowest BCUT2D eigenvalue weighted by Crippen LogP contribution is -2.26. The summed E-state index contributed by atoms with van der Waals surface area (Å²) in [4.78, 5) is 2.55. The Morgan fingerprint density at radius 3 is 1.09 bits per heavy atom. The Labute approximate surface area is 672 Å². The third-order valence-corrected chi connectivity index (χ3v) is 25.5. The molecular weight excluding hydrogens is 1360 g/mol. The maximum Gasteiger partial charge on any atom is 0.145 e. The lowest BCUT2D eigenvalue weighted by atomic mass is 9.68. The van der Waals surface area contributed by atoms with Gasteiger partial charge in [0.15, 0.2) is 0 Å². The van der Waals surface area contributed by atoms with Gasteiger partial charge in [0.2, 0.25) is 0 Å². The highest BCUT2D eigenvalue weighted by Crippen LogP contribution is 2.62. The minimum absolute atomic E-state index is 0.103. The van der Waals surface area contributed by atoms with E-state index in [0.717, 1.165) is 171 Å². The molecule has 550 valence electrons. The molecule has 1 nitrogen and oxygen atoms in total. The SMILES string of the molecule is C#CC#CC#CC#CC1(C#CC#CC#CC#C)c2cc(-c3cc4c5ccccc5c(-c5cccc6c5C(CCCC)(CCCC)c5ccccc5-6)cc4c4ccccc34)ccc2-c2ccc(N(c3ccc4c(c3)C(CCCC)(CCCC)c3cc(C)ccc3-4)c3ccc4c(c3)C(CCCC)(CCCC)c3cc(C)ccc3-4)cc21. The zero-order valence-electron chi connectivity index (χ0n) is 67.0. The summed E-state index contributed by atoms with van der Waals surface area (Å²) < 4.78 is 0. The summed E-state index contributed by atoms with van der Waals surface area (Å²) in [7, 11) is 0. The highest BCUT2D eigenvalue weighted by Gasteiger charge is 2.48. The van der Waals surface area contributed by atoms with E-state index in [1.54, 1.807) is 0 Å². The Morgan fingerprint density at radius 2 is 0.611 bits per heavy atom. The zero-order valence-corrected chi connectivity index (χ0v) is 67.0. The third kappa shape index (κ3) is 12.8. The van der Waals surface area contributed by atoms with E-state index in [1.165, 1.54) is 116 Å². The molecule has 0 heterocycles. The van der Waals surface area contributed by atoms with Crippen molar-refractivity contribution in [2.45, 2.75) is 193 Å². The molecule has 12 aromatic rings. The van der Waals surface area contributed by atoms with Crippen LogP contribution < -0.4 is 4.90 Å². The van der Waals surface area contributed by atoms with E-state index in [2.05, 4.69) is 355 Å². The molecule has 0 saturated heterocycles. The molecule has 0 aromatic heterocycles. The minimum Gasteiger partial charge on any atom is -0.310 e. The normalized spacial score (nSPS) is 13.6. The Bertz CT molecular complexity index is 6130. The highest BCUT2D eigenvalue weighted by molar-refractivity contribution is 6.24. The Kier molecular flexibility index (Phi) is 21.1. The molecule has 1 heteroatoms. The van der Waals surface area contributed by atoms with Gasteiger partial charge in [0.05, 0.1) is 0 Å². The number of hydrogen-bond donors (Lipinski definition) is 0. The number of benzene rings is 12. The average Bonchev–Trinajstić information content (AvgIpc) is 1.57. The number of unbranched alkanes of at least 4 members (excludes halogenated alkanes) is 6. The van der Waals surface area contributed by atoms with Crippen LogP contribution in [-0.4, -0.2) is 0 Å². The minimum atomic E-state index is -1.31. The molecule has 0 spiro atoms. The Morgan fingerprint density at radius 1 is 0.265 bits per heavy atom. The number of rotatable bonds is 23.